The predicted octanol–water partition coefficient (Wildman–Crippen LogP) is 3.27. The van der Waals surface area contributed by atoms with Gasteiger partial charge in [-0.2, -0.15) is 0 Å². The molecule has 0 atom stereocenters. The number of hydrogen-bond acceptors (Lipinski definition) is 6. The molecule has 2 saturated heterocycles. The summed E-state index contributed by atoms with van der Waals surface area (Å²) in [5, 5.41) is 6.17. The number of piperazine rings is 1. The van der Waals surface area contributed by atoms with Gasteiger partial charge in [0.25, 0.3) is 5.92 Å². The minimum absolute atomic E-state index is 0.0759. The molecule has 2 aromatic rings. The predicted molar refractivity (Wildman–Crippen MR) is 104 cm³/mol. The summed E-state index contributed by atoms with van der Waals surface area (Å²) in [6.07, 6.45) is 1.01. The van der Waals surface area contributed by atoms with E-state index in [0.29, 0.717) is 11.6 Å². The molecule has 2 N–H and O–H groups in total. The lowest BCUT2D eigenvalue weighted by Gasteiger charge is -2.30. The van der Waals surface area contributed by atoms with Crippen LogP contribution in [0.5, 0.6) is 0 Å². The minimum Gasteiger partial charge on any atom is -0.369 e. The second-order valence-electron chi connectivity index (χ2n) is 6.94. The number of nitrogens with one attached hydrogen (secondary N) is 2. The number of hydrogen-bond donors (Lipinski definition) is 2. The first kappa shape index (κ1) is 19.1. The van der Waals surface area contributed by atoms with Gasteiger partial charge in [-0.3, -0.25) is 0 Å². The first-order chi connectivity index (χ1) is 13.4. The molecule has 0 saturated carbocycles. The van der Waals surface area contributed by atoms with E-state index in [1.54, 1.807) is 4.90 Å². The van der Waals surface area contributed by atoms with Crippen LogP contribution in [0.3, 0.4) is 0 Å². The van der Waals surface area contributed by atoms with Crippen molar-refractivity contribution in [2.45, 2.75) is 12.3 Å². The lowest BCUT2D eigenvalue weighted by Crippen LogP contribution is -2.43. The second-order valence-corrected chi connectivity index (χ2v) is 7.35. The molecule has 0 unspecified atom stereocenters. The van der Waals surface area contributed by atoms with Crippen LogP contribution in [-0.2, 0) is 0 Å². The van der Waals surface area contributed by atoms with E-state index >= 15 is 0 Å². The molecule has 0 amide bonds. The van der Waals surface area contributed by atoms with E-state index in [1.165, 1.54) is 12.3 Å². The number of rotatable bonds is 4. The summed E-state index contributed by atoms with van der Waals surface area (Å²) in [6.45, 7) is 3.15. The van der Waals surface area contributed by atoms with E-state index < -0.39 is 11.7 Å². The highest BCUT2D eigenvalue weighted by molar-refractivity contribution is 6.30. The third-order valence-electron chi connectivity index (χ3n) is 4.84. The summed E-state index contributed by atoms with van der Waals surface area (Å²) >= 11 is 5.68. The fourth-order valence-electron chi connectivity index (χ4n) is 3.38. The summed E-state index contributed by atoms with van der Waals surface area (Å²) in [6, 6.07) is 4.82. The van der Waals surface area contributed by atoms with Gasteiger partial charge in [-0.05, 0) is 0 Å². The van der Waals surface area contributed by atoms with Gasteiger partial charge in [-0.25, -0.2) is 23.1 Å². The molecule has 2 fully saturated rings. The van der Waals surface area contributed by atoms with Gasteiger partial charge < -0.3 is 20.4 Å². The quantitative estimate of drug-likeness (QED) is 0.804. The number of anilines is 4. The lowest BCUT2D eigenvalue weighted by atomic mass is 10.2. The molecule has 2 aliphatic rings. The number of alkyl halides is 2. The fourth-order valence-corrected chi connectivity index (χ4v) is 3.48. The molecule has 4 rings (SSSR count). The van der Waals surface area contributed by atoms with Crippen LogP contribution in [-0.4, -0.2) is 55.2 Å². The zero-order valence-corrected chi connectivity index (χ0v) is 15.8. The molecule has 150 valence electrons. The second kappa shape index (κ2) is 7.63. The molecular weight excluding hydrogens is 393 g/mol. The van der Waals surface area contributed by atoms with Crippen LogP contribution in [0.25, 0.3) is 0 Å². The Labute approximate surface area is 165 Å². The van der Waals surface area contributed by atoms with Crippen molar-refractivity contribution in [2.24, 2.45) is 0 Å². The molecule has 4 heterocycles. The van der Waals surface area contributed by atoms with Crippen LogP contribution in [0.2, 0.25) is 5.02 Å². The summed E-state index contributed by atoms with van der Waals surface area (Å²) in [5.74, 6) is -2.21. The Hall–Kier alpha value is -2.26. The van der Waals surface area contributed by atoms with Crippen molar-refractivity contribution in [3.63, 3.8) is 0 Å². The summed E-state index contributed by atoms with van der Waals surface area (Å²) in [5.41, 5.74) is 0.874. The lowest BCUT2D eigenvalue weighted by molar-refractivity contribution is 0.0256. The number of nitrogens with zero attached hydrogens (tertiary/aromatic N) is 4. The molecule has 0 spiro atoms. The molecule has 0 bridgehead atoms. The summed E-state index contributed by atoms with van der Waals surface area (Å²) < 4.78 is 41.1. The van der Waals surface area contributed by atoms with Crippen molar-refractivity contribution in [1.29, 1.82) is 0 Å². The average molecular weight is 413 g/mol. The first-order valence-electron chi connectivity index (χ1n) is 9.08. The topological polar surface area (TPSA) is 56.3 Å². The Morgan fingerprint density at radius 1 is 1.07 bits per heavy atom. The monoisotopic (exact) mass is 412 g/mol. The highest BCUT2D eigenvalue weighted by Gasteiger charge is 2.39. The maximum Gasteiger partial charge on any atom is 0.266 e. The fraction of sp³-hybridized carbons (Fsp3) is 0.444. The standard InChI is InChI=1S/C18H20ClF3N6/c19-13-10-24-15(9-14(13)20)25-16-7-12(27-5-2-23-3-6-27)8-17(26-16)28-4-1-18(21,22)11-28/h7-10,23H,1-6,11H2,(H,24,25,26). The van der Waals surface area contributed by atoms with Crippen molar-refractivity contribution in [3.8, 4) is 0 Å². The highest BCUT2D eigenvalue weighted by Crippen LogP contribution is 2.33. The zero-order valence-electron chi connectivity index (χ0n) is 15.1. The molecule has 6 nitrogen and oxygen atoms in total. The number of halogens is 4. The van der Waals surface area contributed by atoms with E-state index in [4.69, 9.17) is 11.6 Å². The van der Waals surface area contributed by atoms with Crippen LogP contribution >= 0.6 is 11.6 Å². The highest BCUT2D eigenvalue weighted by atomic mass is 35.5. The van der Waals surface area contributed by atoms with Gasteiger partial charge >= 0.3 is 0 Å². The van der Waals surface area contributed by atoms with Crippen molar-refractivity contribution >= 4 is 34.7 Å². The van der Waals surface area contributed by atoms with Crippen LogP contribution in [0.4, 0.5) is 36.3 Å². The molecule has 28 heavy (non-hydrogen) atoms. The van der Waals surface area contributed by atoms with Crippen molar-refractivity contribution < 1.29 is 13.2 Å². The smallest absolute Gasteiger partial charge is 0.266 e. The van der Waals surface area contributed by atoms with E-state index in [0.717, 1.165) is 31.9 Å². The van der Waals surface area contributed by atoms with E-state index in [2.05, 4.69) is 25.5 Å². The maximum absolute atomic E-state index is 13.7. The van der Waals surface area contributed by atoms with Gasteiger partial charge in [0.05, 0.1) is 17.8 Å². The summed E-state index contributed by atoms with van der Waals surface area (Å²) in [4.78, 5) is 12.3. The molecular formula is C18H20ClF3N6. The van der Waals surface area contributed by atoms with Crippen LogP contribution < -0.4 is 20.4 Å². The Balaban J connectivity index is 1.65. The molecule has 2 aliphatic heterocycles. The third kappa shape index (κ3) is 4.25. The van der Waals surface area contributed by atoms with Gasteiger partial charge in [-0.1, -0.05) is 11.6 Å². The van der Waals surface area contributed by atoms with Crippen LogP contribution in [0.15, 0.2) is 24.4 Å². The van der Waals surface area contributed by atoms with Crippen molar-refractivity contribution in [2.75, 3.05) is 54.4 Å². The van der Waals surface area contributed by atoms with Gasteiger partial charge in [0, 0.05) is 63.0 Å². The Morgan fingerprint density at radius 2 is 1.86 bits per heavy atom. The third-order valence-corrected chi connectivity index (χ3v) is 5.12. The Bertz CT molecular complexity index is 859. The van der Waals surface area contributed by atoms with E-state index in [9.17, 15) is 13.2 Å². The molecule has 10 heteroatoms. The van der Waals surface area contributed by atoms with Crippen LogP contribution in [0.1, 0.15) is 6.42 Å². The van der Waals surface area contributed by atoms with Gasteiger partial charge in [0.2, 0.25) is 0 Å². The van der Waals surface area contributed by atoms with Crippen molar-refractivity contribution in [1.82, 2.24) is 15.3 Å². The SMILES string of the molecule is Fc1cc(Nc2cc(N3CCNCC3)cc(N3CCC(F)(F)C3)n2)ncc1Cl. The van der Waals surface area contributed by atoms with Gasteiger partial charge in [0.1, 0.15) is 23.3 Å². The van der Waals surface area contributed by atoms with E-state index in [-0.39, 0.29) is 30.4 Å². The minimum atomic E-state index is -2.72. The molecule has 0 aliphatic carbocycles. The van der Waals surface area contributed by atoms with E-state index in [1.807, 2.05) is 12.1 Å². The normalized spacial score (nSPS) is 19.1. The van der Waals surface area contributed by atoms with Gasteiger partial charge in [0.15, 0.2) is 0 Å². The largest absolute Gasteiger partial charge is 0.369 e. The van der Waals surface area contributed by atoms with Gasteiger partial charge in [-0.15, -0.1) is 0 Å². The molecule has 0 aromatic carbocycles. The summed E-state index contributed by atoms with van der Waals surface area (Å²) in [7, 11) is 0. The first-order valence-corrected chi connectivity index (χ1v) is 9.46. The molecule has 0 radical (unpaired) electrons. The Morgan fingerprint density at radius 3 is 2.54 bits per heavy atom. The number of pyridine rings is 2. The zero-order chi connectivity index (χ0) is 19.7. The number of aromatic nitrogens is 2. The van der Waals surface area contributed by atoms with Crippen molar-refractivity contribution in [3.05, 3.63) is 35.2 Å². The average Bonchev–Trinajstić information content (AvgIpc) is 3.05. The maximum atomic E-state index is 13.7. The van der Waals surface area contributed by atoms with Crippen LogP contribution in [0, 0.1) is 5.82 Å². The molecule has 2 aromatic heterocycles. The Kier molecular flexibility index (Phi) is 5.20.